The van der Waals surface area contributed by atoms with Gasteiger partial charge in [-0.2, -0.15) is 15.0 Å². The number of nitrogens with zero attached hydrogens (tertiary/aromatic N) is 3. The van der Waals surface area contributed by atoms with Crippen molar-refractivity contribution in [3.8, 4) is 0 Å². The maximum absolute atomic E-state index is 11.4. The maximum Gasteiger partial charge on any atom is 0.326 e. The van der Waals surface area contributed by atoms with Gasteiger partial charge in [0.2, 0.25) is 17.8 Å². The van der Waals surface area contributed by atoms with Gasteiger partial charge in [-0.3, -0.25) is 0 Å². The summed E-state index contributed by atoms with van der Waals surface area (Å²) in [7, 11) is 0. The molecule has 23 heavy (non-hydrogen) atoms. The highest BCUT2D eigenvalue weighted by atomic mass is 16.4. The van der Waals surface area contributed by atoms with Crippen LogP contribution in [0.4, 0.5) is 17.8 Å². The van der Waals surface area contributed by atoms with E-state index in [1.54, 1.807) is 0 Å². The molecule has 0 saturated heterocycles. The van der Waals surface area contributed by atoms with Crippen LogP contribution in [-0.4, -0.2) is 56.4 Å². The second kappa shape index (κ2) is 9.09. The average molecular weight is 326 g/mol. The van der Waals surface area contributed by atoms with Gasteiger partial charge in [0.25, 0.3) is 0 Å². The summed E-state index contributed by atoms with van der Waals surface area (Å²) in [6, 6.07) is -0.680. The van der Waals surface area contributed by atoms with Crippen molar-refractivity contribution >= 4 is 23.8 Å². The predicted molar refractivity (Wildman–Crippen MR) is 88.7 cm³/mol. The van der Waals surface area contributed by atoms with Crippen LogP contribution in [-0.2, 0) is 4.79 Å². The van der Waals surface area contributed by atoms with E-state index in [4.69, 9.17) is 5.11 Å². The van der Waals surface area contributed by atoms with Crippen molar-refractivity contribution in [3.63, 3.8) is 0 Å². The first-order valence-corrected chi connectivity index (χ1v) is 7.74. The average Bonchev–Trinajstić information content (AvgIpc) is 2.48. The molecule has 5 N–H and O–H groups in total. The quantitative estimate of drug-likeness (QED) is 0.427. The van der Waals surface area contributed by atoms with Gasteiger partial charge in [0.15, 0.2) is 0 Å². The van der Waals surface area contributed by atoms with Crippen molar-refractivity contribution in [2.24, 2.45) is 5.92 Å². The fraction of sp³-hybridized carbons (Fsp3) is 0.714. The zero-order chi connectivity index (χ0) is 17.4. The summed E-state index contributed by atoms with van der Waals surface area (Å²) in [4.78, 5) is 24.0. The highest BCUT2D eigenvalue weighted by Gasteiger charge is 2.24. The number of aromatic nitrogens is 3. The Morgan fingerprint density at radius 3 is 2.13 bits per heavy atom. The number of aliphatic hydroxyl groups is 1. The number of anilines is 3. The summed E-state index contributed by atoms with van der Waals surface area (Å²) < 4.78 is 0. The van der Waals surface area contributed by atoms with Gasteiger partial charge in [-0.1, -0.05) is 20.3 Å². The molecule has 0 aliphatic heterocycles. The highest BCUT2D eigenvalue weighted by molar-refractivity contribution is 5.77. The number of nitrogens with one attached hydrogen (secondary N) is 3. The number of aliphatic carboxylic acids is 1. The van der Waals surface area contributed by atoms with E-state index in [1.165, 1.54) is 0 Å². The van der Waals surface area contributed by atoms with Gasteiger partial charge in [0.05, 0.1) is 6.61 Å². The molecule has 0 aromatic carbocycles. The Hall–Kier alpha value is -2.16. The fourth-order valence-electron chi connectivity index (χ4n) is 1.83. The van der Waals surface area contributed by atoms with Crippen LogP contribution >= 0.6 is 0 Å². The number of hydrogen-bond acceptors (Lipinski definition) is 8. The molecule has 0 bridgehead atoms. The van der Waals surface area contributed by atoms with Crippen molar-refractivity contribution in [1.29, 1.82) is 0 Å². The van der Waals surface area contributed by atoms with E-state index in [-0.39, 0.29) is 37.0 Å². The Morgan fingerprint density at radius 1 is 1.09 bits per heavy atom. The Bertz CT molecular complexity index is 511. The standard InChI is InChI=1S/C14H26N6O3/c1-5-9(4)10(11(22)23)17-14-19-12(15-6-7-21)18-13(20-14)16-8(2)3/h8-10,21H,5-7H2,1-4H3,(H,22,23)(H3,15,16,17,18,19,20)/t9-,10-/m0/s1. The minimum Gasteiger partial charge on any atom is -0.480 e. The van der Waals surface area contributed by atoms with E-state index in [1.807, 2.05) is 27.7 Å². The van der Waals surface area contributed by atoms with Crippen LogP contribution in [0.15, 0.2) is 0 Å². The van der Waals surface area contributed by atoms with E-state index >= 15 is 0 Å². The fourth-order valence-corrected chi connectivity index (χ4v) is 1.83. The molecule has 1 aromatic rings. The molecule has 0 fully saturated rings. The molecular weight excluding hydrogens is 300 g/mol. The van der Waals surface area contributed by atoms with Crippen LogP contribution in [0.3, 0.4) is 0 Å². The van der Waals surface area contributed by atoms with Crippen molar-refractivity contribution in [1.82, 2.24) is 15.0 Å². The van der Waals surface area contributed by atoms with Gasteiger partial charge >= 0.3 is 5.97 Å². The Labute approximate surface area is 136 Å². The van der Waals surface area contributed by atoms with Crippen molar-refractivity contribution in [2.45, 2.75) is 46.2 Å². The van der Waals surface area contributed by atoms with Gasteiger partial charge in [0, 0.05) is 12.6 Å². The molecule has 1 aromatic heterocycles. The number of hydrogen-bond donors (Lipinski definition) is 5. The molecule has 0 unspecified atom stereocenters. The van der Waals surface area contributed by atoms with Crippen LogP contribution in [0, 0.1) is 5.92 Å². The zero-order valence-electron chi connectivity index (χ0n) is 14.0. The summed E-state index contributed by atoms with van der Waals surface area (Å²) in [5, 5.41) is 27.0. The lowest BCUT2D eigenvalue weighted by Crippen LogP contribution is -2.36. The van der Waals surface area contributed by atoms with Crippen LogP contribution in [0.2, 0.25) is 0 Å². The number of carboxylic acids is 1. The molecule has 0 saturated carbocycles. The van der Waals surface area contributed by atoms with E-state index in [0.717, 1.165) is 0 Å². The summed E-state index contributed by atoms with van der Waals surface area (Å²) in [5.74, 6) is -0.252. The van der Waals surface area contributed by atoms with E-state index in [0.29, 0.717) is 12.4 Å². The Morgan fingerprint density at radius 2 is 1.65 bits per heavy atom. The predicted octanol–water partition coefficient (Wildman–Crippen LogP) is 1.01. The molecule has 0 amide bonds. The highest BCUT2D eigenvalue weighted by Crippen LogP contribution is 2.16. The van der Waals surface area contributed by atoms with Gasteiger partial charge in [-0.05, 0) is 19.8 Å². The third-order valence-electron chi connectivity index (χ3n) is 3.21. The number of carboxylic acid groups (broad SMARTS) is 1. The van der Waals surface area contributed by atoms with Gasteiger partial charge < -0.3 is 26.2 Å². The second-order valence-electron chi connectivity index (χ2n) is 5.60. The maximum atomic E-state index is 11.4. The normalized spacial score (nSPS) is 13.5. The smallest absolute Gasteiger partial charge is 0.326 e. The third-order valence-corrected chi connectivity index (χ3v) is 3.21. The van der Waals surface area contributed by atoms with Crippen LogP contribution < -0.4 is 16.0 Å². The topological polar surface area (TPSA) is 132 Å². The lowest BCUT2D eigenvalue weighted by atomic mass is 10.00. The summed E-state index contributed by atoms with van der Waals surface area (Å²) >= 11 is 0. The minimum absolute atomic E-state index is 0.0635. The first kappa shape index (κ1) is 18.9. The molecule has 0 radical (unpaired) electrons. The van der Waals surface area contributed by atoms with Gasteiger partial charge in [0.1, 0.15) is 6.04 Å². The minimum atomic E-state index is -0.956. The first-order valence-electron chi connectivity index (χ1n) is 7.74. The SMILES string of the molecule is CC[C@H](C)[C@H](Nc1nc(NCCO)nc(NC(C)C)n1)C(=O)O. The molecule has 0 aliphatic rings. The molecule has 9 heteroatoms. The van der Waals surface area contributed by atoms with Crippen LogP contribution in [0.5, 0.6) is 0 Å². The Balaban J connectivity index is 3.04. The number of carbonyl (C=O) groups is 1. The number of aliphatic hydroxyl groups excluding tert-OH is 1. The molecule has 1 heterocycles. The molecular formula is C14H26N6O3. The van der Waals surface area contributed by atoms with Crippen molar-refractivity contribution < 1.29 is 15.0 Å². The third kappa shape index (κ3) is 6.23. The molecule has 2 atom stereocenters. The van der Waals surface area contributed by atoms with Crippen LogP contribution in [0.1, 0.15) is 34.1 Å². The molecule has 0 spiro atoms. The lowest BCUT2D eigenvalue weighted by Gasteiger charge is -2.20. The largest absolute Gasteiger partial charge is 0.480 e. The van der Waals surface area contributed by atoms with Gasteiger partial charge in [-0.25, -0.2) is 4.79 Å². The zero-order valence-corrected chi connectivity index (χ0v) is 14.0. The van der Waals surface area contributed by atoms with E-state index < -0.39 is 12.0 Å². The van der Waals surface area contributed by atoms with Crippen molar-refractivity contribution in [2.75, 3.05) is 29.1 Å². The summed E-state index contributed by atoms with van der Waals surface area (Å²) in [6.07, 6.45) is 0.710. The van der Waals surface area contributed by atoms with Crippen LogP contribution in [0.25, 0.3) is 0 Å². The summed E-state index contributed by atoms with van der Waals surface area (Å²) in [6.45, 7) is 7.89. The second-order valence-corrected chi connectivity index (χ2v) is 5.60. The molecule has 0 aliphatic carbocycles. The number of rotatable bonds is 10. The van der Waals surface area contributed by atoms with E-state index in [9.17, 15) is 9.90 Å². The molecule has 9 nitrogen and oxygen atoms in total. The van der Waals surface area contributed by atoms with Crippen molar-refractivity contribution in [3.05, 3.63) is 0 Å². The monoisotopic (exact) mass is 326 g/mol. The Kier molecular flexibility index (Phi) is 7.46. The summed E-state index contributed by atoms with van der Waals surface area (Å²) in [5.41, 5.74) is 0. The lowest BCUT2D eigenvalue weighted by molar-refractivity contribution is -0.139. The molecule has 130 valence electrons. The van der Waals surface area contributed by atoms with E-state index in [2.05, 4.69) is 30.9 Å². The molecule has 1 rings (SSSR count). The van der Waals surface area contributed by atoms with Gasteiger partial charge in [-0.15, -0.1) is 0 Å². The first-order chi connectivity index (χ1) is 10.9.